The molecule has 0 saturated carbocycles. The average molecular weight is 685 g/mol. The van der Waals surface area contributed by atoms with Crippen molar-refractivity contribution in [2.24, 2.45) is 0 Å². The van der Waals surface area contributed by atoms with Crippen LogP contribution in [0, 0.1) is 11.6 Å². The number of alkyl halides is 6. The number of fused-ring (bicyclic) bond motifs is 1. The van der Waals surface area contributed by atoms with Gasteiger partial charge in [0.25, 0.3) is 11.8 Å². The van der Waals surface area contributed by atoms with E-state index in [2.05, 4.69) is 25.3 Å². The van der Waals surface area contributed by atoms with Gasteiger partial charge in [-0.05, 0) is 59.7 Å². The standard InChI is InChI=1S/C33H20F8N6O2/c34-21-7-17(5-19(9-21)25-13-44-28(15-43-25)32(36,37)38)11-42-12-27-29(33(39,40)41)45-14-26(46-27)20-6-18(8-22(35)10-20)16-47-30(48)23-3-1-2-4-24(23)31(47)49/h1-10,13-15,42H,11-12,16H2. The number of carbonyl (C=O) groups is 2. The summed E-state index contributed by atoms with van der Waals surface area (Å²) in [4.78, 5) is 41.1. The molecule has 6 rings (SSSR count). The summed E-state index contributed by atoms with van der Waals surface area (Å²) in [5.41, 5.74) is -2.45. The fraction of sp³-hybridized carbons (Fsp3) is 0.152. The van der Waals surface area contributed by atoms with Crippen LogP contribution in [-0.2, 0) is 32.0 Å². The van der Waals surface area contributed by atoms with E-state index in [9.17, 15) is 44.7 Å². The molecule has 2 aromatic heterocycles. The van der Waals surface area contributed by atoms with Crippen LogP contribution in [0.5, 0.6) is 0 Å². The predicted octanol–water partition coefficient (Wildman–Crippen LogP) is 7.00. The number of halogens is 8. The van der Waals surface area contributed by atoms with Crippen molar-refractivity contribution in [3.05, 3.63) is 130 Å². The third-order valence-corrected chi connectivity index (χ3v) is 7.40. The van der Waals surface area contributed by atoms with E-state index in [1.165, 1.54) is 24.3 Å². The maximum Gasteiger partial charge on any atom is 0.435 e. The number of nitrogens with one attached hydrogen (secondary N) is 1. The number of hydrogen-bond acceptors (Lipinski definition) is 7. The molecule has 1 aliphatic heterocycles. The lowest BCUT2D eigenvalue weighted by Gasteiger charge is -2.16. The number of carbonyl (C=O) groups excluding carboxylic acids is 2. The maximum absolute atomic E-state index is 14.7. The Morgan fingerprint density at radius 3 is 1.84 bits per heavy atom. The molecule has 2 amide bonds. The Bertz CT molecular complexity index is 2050. The first-order chi connectivity index (χ1) is 23.2. The number of rotatable bonds is 8. The second kappa shape index (κ2) is 12.8. The lowest BCUT2D eigenvalue weighted by Crippen LogP contribution is -2.29. The van der Waals surface area contributed by atoms with Gasteiger partial charge >= 0.3 is 12.4 Å². The van der Waals surface area contributed by atoms with Crippen molar-refractivity contribution in [2.45, 2.75) is 32.0 Å². The highest BCUT2D eigenvalue weighted by Gasteiger charge is 2.37. The normalized spacial score (nSPS) is 13.3. The third-order valence-electron chi connectivity index (χ3n) is 7.40. The highest BCUT2D eigenvalue weighted by Crippen LogP contribution is 2.32. The lowest BCUT2D eigenvalue weighted by molar-refractivity contribution is -0.142. The van der Waals surface area contributed by atoms with Crippen LogP contribution in [0.1, 0.15) is 48.9 Å². The molecule has 16 heteroatoms. The Hall–Kier alpha value is -5.64. The van der Waals surface area contributed by atoms with Gasteiger partial charge in [0.05, 0.1) is 53.3 Å². The van der Waals surface area contributed by atoms with Crippen molar-refractivity contribution in [3.8, 4) is 22.5 Å². The van der Waals surface area contributed by atoms with Gasteiger partial charge in [0.2, 0.25) is 0 Å². The van der Waals surface area contributed by atoms with Crippen molar-refractivity contribution < 1.29 is 44.7 Å². The van der Waals surface area contributed by atoms with E-state index >= 15 is 0 Å². The molecule has 0 saturated heterocycles. The quantitative estimate of drug-likeness (QED) is 0.139. The van der Waals surface area contributed by atoms with Crippen LogP contribution in [0.25, 0.3) is 22.5 Å². The van der Waals surface area contributed by atoms with Crippen LogP contribution in [0.15, 0.2) is 79.3 Å². The summed E-state index contributed by atoms with van der Waals surface area (Å²) in [6.45, 7) is -1.04. The van der Waals surface area contributed by atoms with E-state index < -0.39 is 59.4 Å². The van der Waals surface area contributed by atoms with Crippen LogP contribution >= 0.6 is 0 Å². The summed E-state index contributed by atoms with van der Waals surface area (Å²) < 4.78 is 109. The average Bonchev–Trinajstić information content (AvgIpc) is 3.28. The Labute approximate surface area is 271 Å². The molecule has 0 radical (unpaired) electrons. The van der Waals surface area contributed by atoms with Gasteiger partial charge in [-0.25, -0.2) is 23.7 Å². The molecule has 0 fully saturated rings. The monoisotopic (exact) mass is 684 g/mol. The fourth-order valence-corrected chi connectivity index (χ4v) is 5.23. The summed E-state index contributed by atoms with van der Waals surface area (Å²) in [5.74, 6) is -2.74. The molecule has 0 bridgehead atoms. The van der Waals surface area contributed by atoms with Gasteiger partial charge in [0.15, 0.2) is 11.4 Å². The van der Waals surface area contributed by atoms with Gasteiger partial charge in [-0.2, -0.15) is 26.3 Å². The molecule has 1 aliphatic rings. The zero-order valence-corrected chi connectivity index (χ0v) is 24.7. The number of aromatic nitrogens is 4. The van der Waals surface area contributed by atoms with Gasteiger partial charge in [0.1, 0.15) is 11.6 Å². The van der Waals surface area contributed by atoms with Crippen molar-refractivity contribution in [1.82, 2.24) is 30.2 Å². The van der Waals surface area contributed by atoms with Crippen LogP contribution in [0.3, 0.4) is 0 Å². The van der Waals surface area contributed by atoms with Crippen LogP contribution in [0.2, 0.25) is 0 Å². The van der Waals surface area contributed by atoms with E-state index in [0.717, 1.165) is 41.6 Å². The van der Waals surface area contributed by atoms with Crippen molar-refractivity contribution in [1.29, 1.82) is 0 Å². The van der Waals surface area contributed by atoms with Crippen LogP contribution < -0.4 is 5.32 Å². The molecule has 5 aromatic rings. The molecule has 0 aliphatic carbocycles. The molecule has 250 valence electrons. The highest BCUT2D eigenvalue weighted by molar-refractivity contribution is 6.21. The van der Waals surface area contributed by atoms with Crippen LogP contribution in [-0.4, -0.2) is 36.7 Å². The SMILES string of the molecule is O=C1c2ccccc2C(=O)N1Cc1cc(F)cc(-c2cnc(C(F)(F)F)c(CNCc3cc(F)cc(-c4cnc(C(F)(F)F)cn4)c3)n2)c1. The largest absolute Gasteiger partial charge is 0.435 e. The van der Waals surface area contributed by atoms with Crippen LogP contribution in [0.4, 0.5) is 35.1 Å². The third kappa shape index (κ3) is 7.13. The Morgan fingerprint density at radius 1 is 0.653 bits per heavy atom. The minimum atomic E-state index is -4.92. The number of nitrogens with zero attached hydrogens (tertiary/aromatic N) is 5. The lowest BCUT2D eigenvalue weighted by atomic mass is 10.1. The maximum atomic E-state index is 14.7. The number of hydrogen-bond donors (Lipinski definition) is 1. The van der Waals surface area contributed by atoms with E-state index in [-0.39, 0.29) is 57.9 Å². The zero-order chi connectivity index (χ0) is 35.1. The molecule has 0 spiro atoms. The molecule has 3 heterocycles. The first-order valence-electron chi connectivity index (χ1n) is 14.3. The second-order valence-electron chi connectivity index (χ2n) is 10.9. The van der Waals surface area contributed by atoms with Gasteiger partial charge in [-0.1, -0.05) is 12.1 Å². The molecule has 3 aromatic carbocycles. The van der Waals surface area contributed by atoms with E-state index in [1.807, 2.05) is 0 Å². The molecule has 0 atom stereocenters. The number of amides is 2. The zero-order valence-electron chi connectivity index (χ0n) is 24.7. The number of benzene rings is 3. The molecule has 49 heavy (non-hydrogen) atoms. The smallest absolute Gasteiger partial charge is 0.307 e. The molecule has 1 N–H and O–H groups in total. The molecule has 8 nitrogen and oxygen atoms in total. The van der Waals surface area contributed by atoms with Gasteiger partial charge in [-0.3, -0.25) is 19.5 Å². The molecule has 0 unspecified atom stereocenters. The Balaban J connectivity index is 1.22. The number of imide groups is 1. The summed E-state index contributed by atoms with van der Waals surface area (Å²) in [7, 11) is 0. The van der Waals surface area contributed by atoms with Crippen molar-refractivity contribution in [3.63, 3.8) is 0 Å². The summed E-state index contributed by atoms with van der Waals surface area (Å²) in [6, 6.07) is 13.1. The summed E-state index contributed by atoms with van der Waals surface area (Å²) in [5, 5.41) is 2.72. The summed E-state index contributed by atoms with van der Waals surface area (Å²) in [6.07, 6.45) is -7.51. The topological polar surface area (TPSA) is 101 Å². The van der Waals surface area contributed by atoms with E-state index in [4.69, 9.17) is 0 Å². The Kier molecular flexibility index (Phi) is 8.66. The minimum absolute atomic E-state index is 0.0292. The summed E-state index contributed by atoms with van der Waals surface area (Å²) >= 11 is 0. The molecular formula is C33H20F8N6O2. The van der Waals surface area contributed by atoms with E-state index in [0.29, 0.717) is 6.20 Å². The Morgan fingerprint density at radius 2 is 1.24 bits per heavy atom. The van der Waals surface area contributed by atoms with Crippen molar-refractivity contribution in [2.75, 3.05) is 0 Å². The minimum Gasteiger partial charge on any atom is -0.307 e. The first-order valence-corrected chi connectivity index (χ1v) is 14.3. The highest BCUT2D eigenvalue weighted by atomic mass is 19.4. The fourth-order valence-electron chi connectivity index (χ4n) is 5.23. The second-order valence-corrected chi connectivity index (χ2v) is 10.9. The predicted molar refractivity (Wildman–Crippen MR) is 156 cm³/mol. The van der Waals surface area contributed by atoms with Gasteiger partial charge in [0, 0.05) is 24.2 Å². The van der Waals surface area contributed by atoms with Gasteiger partial charge in [-0.15, -0.1) is 0 Å². The first kappa shape index (κ1) is 33.3. The van der Waals surface area contributed by atoms with Gasteiger partial charge < -0.3 is 5.32 Å². The molecular weight excluding hydrogens is 664 g/mol. The van der Waals surface area contributed by atoms with E-state index in [1.54, 1.807) is 12.1 Å². The van der Waals surface area contributed by atoms with Crippen molar-refractivity contribution >= 4 is 11.8 Å².